The van der Waals surface area contributed by atoms with Gasteiger partial charge < -0.3 is 34.9 Å². The van der Waals surface area contributed by atoms with E-state index in [1.54, 1.807) is 48.7 Å². The van der Waals surface area contributed by atoms with Gasteiger partial charge in [-0.05, 0) is 79.1 Å². The summed E-state index contributed by atoms with van der Waals surface area (Å²) in [5, 5.41) is 17.8. The Kier molecular flexibility index (Phi) is 12.3. The van der Waals surface area contributed by atoms with Crippen molar-refractivity contribution in [1.82, 2.24) is 29.9 Å². The van der Waals surface area contributed by atoms with Crippen LogP contribution < -0.4 is 25.0 Å². The van der Waals surface area contributed by atoms with Crippen molar-refractivity contribution in [3.8, 4) is 17.1 Å². The molecule has 1 atom stereocenters. The molecule has 5 N–H and O–H groups in total. The quantitative estimate of drug-likeness (QED) is 0.0651. The lowest BCUT2D eigenvalue weighted by molar-refractivity contribution is -0.139. The normalized spacial score (nSPS) is 13.9. The van der Waals surface area contributed by atoms with Gasteiger partial charge in [-0.3, -0.25) is 9.59 Å². The van der Waals surface area contributed by atoms with Crippen LogP contribution in [0.25, 0.3) is 44.1 Å². The molecule has 62 heavy (non-hydrogen) atoms. The molecule has 2 heterocycles. The number of amides is 2. The number of ether oxygens (including phenoxy) is 1. The molecule has 7 aromatic rings. The summed E-state index contributed by atoms with van der Waals surface area (Å²) in [5.74, 6) is -0.822. The highest BCUT2D eigenvalue weighted by molar-refractivity contribution is 7.89. The molecule has 5 aromatic carbocycles. The second-order valence-corrected chi connectivity index (χ2v) is 17.5. The van der Waals surface area contributed by atoms with Crippen LogP contribution in [-0.2, 0) is 26.0 Å². The van der Waals surface area contributed by atoms with Gasteiger partial charge in [0.05, 0.1) is 15.9 Å². The van der Waals surface area contributed by atoms with E-state index in [4.69, 9.17) is 9.72 Å². The molecule has 0 unspecified atom stereocenters. The number of carboxylic acid groups (broad SMARTS) is 1. The third-order valence-corrected chi connectivity index (χ3v) is 13.0. The minimum atomic E-state index is -3.85. The SMILES string of the molecule is CN(C)c1cccc2c(S(=O)(=O)NCCNC(=O)COc3ccc(-c4nc5cc(C(=O)N[C@@H](Cc6c[nH]c7ccccc67)C(=O)O)ccc5n4C4CCCCC4)cc3)cccc12. The topological polar surface area (TPSA) is 188 Å². The predicted molar refractivity (Wildman–Crippen MR) is 240 cm³/mol. The van der Waals surface area contributed by atoms with Gasteiger partial charge in [-0.25, -0.2) is 22.9 Å². The zero-order valence-electron chi connectivity index (χ0n) is 34.6. The first-order valence-electron chi connectivity index (χ1n) is 20.8. The number of hydrogen-bond donors (Lipinski definition) is 5. The Bertz CT molecular complexity index is 2880. The van der Waals surface area contributed by atoms with Crippen LogP contribution >= 0.6 is 0 Å². The molecular weight excluding hydrogens is 807 g/mol. The van der Waals surface area contributed by atoms with E-state index in [2.05, 4.69) is 24.9 Å². The van der Waals surface area contributed by atoms with E-state index in [-0.39, 0.29) is 37.1 Å². The summed E-state index contributed by atoms with van der Waals surface area (Å²) in [4.78, 5) is 48.8. The molecule has 1 aliphatic carbocycles. The van der Waals surface area contributed by atoms with Crippen molar-refractivity contribution in [2.75, 3.05) is 38.7 Å². The number of carbonyl (C=O) groups is 3. The standard InChI is InChI=1S/C47H49N7O7S/c1-53(2)41-16-8-14-37-36(41)13-9-17-43(37)62(59,60)50-25-24-48-44(55)29-61-34-21-18-30(19-22-34)45-51-39-26-31(20-23-42(39)54(45)33-10-4-3-5-11-33)46(56)52-40(47(57)58)27-32-28-49-38-15-7-6-12-35(32)38/h6-9,12-23,26,28,33,40,49-50H,3-5,10-11,24-25,27,29H2,1-2H3,(H,48,55)(H,52,56)(H,57,58)/t40-/m0/s1. The Balaban J connectivity index is 0.907. The van der Waals surface area contributed by atoms with E-state index in [0.717, 1.165) is 70.1 Å². The summed E-state index contributed by atoms with van der Waals surface area (Å²) >= 11 is 0. The summed E-state index contributed by atoms with van der Waals surface area (Å²) in [6.07, 6.45) is 7.25. The minimum absolute atomic E-state index is 0.00462. The number of anilines is 1. The number of sulfonamides is 1. The van der Waals surface area contributed by atoms with Gasteiger partial charge in [0.2, 0.25) is 10.0 Å². The molecule has 1 saturated carbocycles. The fourth-order valence-electron chi connectivity index (χ4n) is 8.37. The molecule has 2 aromatic heterocycles. The fraction of sp³-hybridized carbons (Fsp3) is 0.277. The maximum atomic E-state index is 13.6. The minimum Gasteiger partial charge on any atom is -0.484 e. The van der Waals surface area contributed by atoms with Gasteiger partial charge in [-0.2, -0.15) is 0 Å². The van der Waals surface area contributed by atoms with Crippen LogP contribution in [0.4, 0.5) is 5.69 Å². The van der Waals surface area contributed by atoms with E-state index < -0.39 is 33.8 Å². The number of aliphatic carboxylic acids is 1. The Labute approximate surface area is 359 Å². The highest BCUT2D eigenvalue weighted by Gasteiger charge is 2.26. The molecule has 1 aliphatic rings. The fourth-order valence-corrected chi connectivity index (χ4v) is 9.62. The molecule has 0 spiro atoms. The van der Waals surface area contributed by atoms with Crippen LogP contribution in [0.15, 0.2) is 114 Å². The molecule has 0 radical (unpaired) electrons. The van der Waals surface area contributed by atoms with Crippen molar-refractivity contribution in [3.63, 3.8) is 0 Å². The number of para-hydroxylation sites is 1. The molecular formula is C47H49N7O7S. The first-order valence-corrected chi connectivity index (χ1v) is 22.2. The summed E-state index contributed by atoms with van der Waals surface area (Å²) < 4.78 is 37.1. The number of rotatable bonds is 16. The number of fused-ring (bicyclic) bond motifs is 3. The predicted octanol–water partition coefficient (Wildman–Crippen LogP) is 6.81. The maximum absolute atomic E-state index is 13.6. The van der Waals surface area contributed by atoms with Gasteiger partial charge >= 0.3 is 5.97 Å². The van der Waals surface area contributed by atoms with Crippen LogP contribution in [0.2, 0.25) is 0 Å². The first kappa shape index (κ1) is 42.0. The largest absolute Gasteiger partial charge is 0.484 e. The monoisotopic (exact) mass is 855 g/mol. The van der Waals surface area contributed by atoms with Gasteiger partial charge in [0.1, 0.15) is 17.6 Å². The number of carboxylic acids is 1. The van der Waals surface area contributed by atoms with E-state index in [1.807, 2.05) is 79.7 Å². The van der Waals surface area contributed by atoms with E-state index >= 15 is 0 Å². The van der Waals surface area contributed by atoms with Crippen LogP contribution in [-0.4, -0.2) is 85.7 Å². The zero-order valence-corrected chi connectivity index (χ0v) is 35.4. The second kappa shape index (κ2) is 18.1. The van der Waals surface area contributed by atoms with Gasteiger partial charge in [-0.15, -0.1) is 0 Å². The number of H-pyrrole nitrogens is 1. The number of aromatic nitrogens is 3. The Morgan fingerprint density at radius 3 is 2.40 bits per heavy atom. The zero-order chi connectivity index (χ0) is 43.4. The maximum Gasteiger partial charge on any atom is 0.326 e. The van der Waals surface area contributed by atoms with Crippen molar-refractivity contribution >= 4 is 66.2 Å². The summed E-state index contributed by atoms with van der Waals surface area (Å²) in [6.45, 7) is -0.200. The van der Waals surface area contributed by atoms with Gasteiger partial charge in [0.25, 0.3) is 11.8 Å². The van der Waals surface area contributed by atoms with Crippen molar-refractivity contribution < 1.29 is 32.6 Å². The smallest absolute Gasteiger partial charge is 0.326 e. The number of nitrogens with zero attached hydrogens (tertiary/aromatic N) is 3. The van der Waals surface area contributed by atoms with Crippen LogP contribution in [0.5, 0.6) is 5.75 Å². The molecule has 1 fully saturated rings. The Morgan fingerprint density at radius 1 is 0.887 bits per heavy atom. The number of nitrogens with one attached hydrogen (secondary N) is 4. The number of aromatic amines is 1. The molecule has 2 amide bonds. The molecule has 8 rings (SSSR count). The lowest BCUT2D eigenvalue weighted by Gasteiger charge is -2.25. The number of benzene rings is 5. The van der Waals surface area contributed by atoms with E-state index in [9.17, 15) is 27.9 Å². The number of carbonyl (C=O) groups excluding carboxylic acids is 2. The van der Waals surface area contributed by atoms with E-state index in [1.165, 1.54) is 6.42 Å². The molecule has 0 aliphatic heterocycles. The lowest BCUT2D eigenvalue weighted by Crippen LogP contribution is -2.42. The first-order chi connectivity index (χ1) is 30.0. The summed E-state index contributed by atoms with van der Waals surface area (Å²) in [5.41, 5.74) is 5.25. The van der Waals surface area contributed by atoms with Crippen molar-refractivity contribution in [1.29, 1.82) is 0 Å². The van der Waals surface area contributed by atoms with Crippen molar-refractivity contribution in [3.05, 3.63) is 120 Å². The van der Waals surface area contributed by atoms with E-state index in [0.29, 0.717) is 22.2 Å². The number of imidazole rings is 1. The Morgan fingerprint density at radius 2 is 1.63 bits per heavy atom. The number of hydrogen-bond acceptors (Lipinski definition) is 8. The lowest BCUT2D eigenvalue weighted by atomic mass is 9.94. The summed E-state index contributed by atoms with van der Waals surface area (Å²) in [7, 11) is -0.0402. The average molecular weight is 856 g/mol. The molecule has 0 saturated heterocycles. The van der Waals surface area contributed by atoms with Crippen LogP contribution in [0.1, 0.15) is 54.1 Å². The third-order valence-electron chi connectivity index (χ3n) is 11.4. The third kappa shape index (κ3) is 8.99. The van der Waals surface area contributed by atoms with Crippen LogP contribution in [0.3, 0.4) is 0 Å². The average Bonchev–Trinajstić information content (AvgIpc) is 3.88. The van der Waals surface area contributed by atoms with Crippen molar-refractivity contribution in [2.24, 2.45) is 0 Å². The van der Waals surface area contributed by atoms with Gasteiger partial charge in [-0.1, -0.05) is 61.7 Å². The van der Waals surface area contributed by atoms with Gasteiger partial charge in [0.15, 0.2) is 6.61 Å². The summed E-state index contributed by atoms with van der Waals surface area (Å²) in [6, 6.07) is 30.0. The van der Waals surface area contributed by atoms with Crippen LogP contribution in [0, 0.1) is 0 Å². The van der Waals surface area contributed by atoms with Crippen molar-refractivity contribution in [2.45, 2.75) is 55.5 Å². The highest BCUT2D eigenvalue weighted by atomic mass is 32.2. The van der Waals surface area contributed by atoms with Gasteiger partial charge in [0, 0.05) is 84.3 Å². The molecule has 14 nitrogen and oxygen atoms in total. The highest BCUT2D eigenvalue weighted by Crippen LogP contribution is 2.37. The second-order valence-electron chi connectivity index (χ2n) is 15.8. The molecule has 320 valence electrons. The molecule has 15 heteroatoms. The molecule has 0 bridgehead atoms. The Hall–Kier alpha value is -6.71.